The maximum Gasteiger partial charge on any atom is 0.224 e. The fraction of sp³-hybridized carbons (Fsp3) is 0.588. The number of rotatable bonds is 21. The van der Waals surface area contributed by atoms with Crippen LogP contribution in [0.2, 0.25) is 5.02 Å². The molecule has 0 spiro atoms. The van der Waals surface area contributed by atoms with Gasteiger partial charge < -0.3 is 9.88 Å². The largest absolute Gasteiger partial charge is 0.356 e. The van der Waals surface area contributed by atoms with E-state index in [0.717, 1.165) is 36.3 Å². The van der Waals surface area contributed by atoms with Crippen LogP contribution >= 0.6 is 11.6 Å². The van der Waals surface area contributed by atoms with Crippen molar-refractivity contribution in [1.29, 1.82) is 0 Å². The Morgan fingerprint density at radius 3 is 2.00 bits per heavy atom. The Labute approximate surface area is 241 Å². The van der Waals surface area contributed by atoms with Crippen LogP contribution in [0.3, 0.4) is 0 Å². The van der Waals surface area contributed by atoms with Crippen LogP contribution < -0.4 is 5.32 Å². The van der Waals surface area contributed by atoms with E-state index in [0.29, 0.717) is 18.0 Å². The zero-order valence-electron chi connectivity index (χ0n) is 24.2. The summed E-state index contributed by atoms with van der Waals surface area (Å²) < 4.78 is 2.41. The summed E-state index contributed by atoms with van der Waals surface area (Å²) in [5, 5.41) is 3.75. The van der Waals surface area contributed by atoms with Crippen LogP contribution in [0.4, 0.5) is 0 Å². The summed E-state index contributed by atoms with van der Waals surface area (Å²) in [4.78, 5) is 17.2. The van der Waals surface area contributed by atoms with Crippen molar-refractivity contribution in [2.24, 2.45) is 0 Å². The zero-order valence-corrected chi connectivity index (χ0v) is 25.0. The first-order valence-corrected chi connectivity index (χ1v) is 16.0. The van der Waals surface area contributed by atoms with E-state index < -0.39 is 0 Å². The Kier molecular flexibility index (Phi) is 15.1. The molecule has 1 aromatic heterocycles. The van der Waals surface area contributed by atoms with Gasteiger partial charge in [0, 0.05) is 24.5 Å². The predicted molar refractivity (Wildman–Crippen MR) is 167 cm³/mol. The normalized spacial score (nSPS) is 11.3. The fourth-order valence-electron chi connectivity index (χ4n) is 5.35. The lowest BCUT2D eigenvalue weighted by Gasteiger charge is -2.10. The van der Waals surface area contributed by atoms with E-state index in [4.69, 9.17) is 16.6 Å². The molecule has 1 amide bonds. The highest BCUT2D eigenvalue weighted by atomic mass is 35.5. The molecule has 0 unspecified atom stereocenters. The number of nitrogens with zero attached hydrogens (tertiary/aromatic N) is 2. The fourth-order valence-corrected chi connectivity index (χ4v) is 5.48. The van der Waals surface area contributed by atoms with Crippen molar-refractivity contribution in [3.8, 4) is 0 Å². The van der Waals surface area contributed by atoms with Crippen LogP contribution in [0.25, 0.3) is 11.0 Å². The van der Waals surface area contributed by atoms with Crippen LogP contribution in [-0.2, 0) is 24.2 Å². The molecule has 0 aliphatic heterocycles. The van der Waals surface area contributed by atoms with Crippen LogP contribution in [0, 0.1) is 0 Å². The number of benzene rings is 2. The van der Waals surface area contributed by atoms with Crippen molar-refractivity contribution in [3.05, 3.63) is 64.9 Å². The second-order valence-corrected chi connectivity index (χ2v) is 11.5. The van der Waals surface area contributed by atoms with Crippen molar-refractivity contribution in [2.75, 3.05) is 6.54 Å². The number of amides is 1. The molecular formula is C34H50ClN3O. The third kappa shape index (κ3) is 12.2. The standard InChI is InChI=1S/C34H50ClN3O/c1-2-3-4-5-6-7-8-9-10-11-12-13-14-17-27-38-32-20-16-15-19-31(32)37-33(38)21-18-26-36-34(39)28-29-22-24-30(35)25-23-29/h15-16,19-20,22-25H,2-14,17-18,21,26-28H2,1H3,(H,36,39). The topological polar surface area (TPSA) is 46.9 Å². The molecule has 3 rings (SSSR count). The highest BCUT2D eigenvalue weighted by molar-refractivity contribution is 6.30. The number of nitrogens with one attached hydrogen (secondary N) is 1. The van der Waals surface area contributed by atoms with Gasteiger partial charge in [-0.2, -0.15) is 0 Å². The lowest BCUT2D eigenvalue weighted by molar-refractivity contribution is -0.120. The molecule has 0 saturated heterocycles. The second kappa shape index (κ2) is 18.9. The molecule has 0 bridgehead atoms. The molecule has 0 aliphatic carbocycles. The maximum absolute atomic E-state index is 12.3. The summed E-state index contributed by atoms with van der Waals surface area (Å²) in [7, 11) is 0. The number of aryl methyl sites for hydroxylation is 2. The average molecular weight is 552 g/mol. The van der Waals surface area contributed by atoms with Crippen LogP contribution in [-0.4, -0.2) is 22.0 Å². The van der Waals surface area contributed by atoms with E-state index in [1.54, 1.807) is 0 Å². The molecule has 2 aromatic carbocycles. The summed E-state index contributed by atoms with van der Waals surface area (Å²) in [6, 6.07) is 15.9. The third-order valence-electron chi connectivity index (χ3n) is 7.65. The van der Waals surface area contributed by atoms with Gasteiger partial charge in [-0.3, -0.25) is 4.79 Å². The van der Waals surface area contributed by atoms with Crippen LogP contribution in [0.15, 0.2) is 48.5 Å². The molecule has 3 aromatic rings. The molecule has 0 fully saturated rings. The summed E-state index contributed by atoms with van der Waals surface area (Å²) in [6.45, 7) is 3.97. The van der Waals surface area contributed by atoms with Crippen molar-refractivity contribution in [3.63, 3.8) is 0 Å². The molecular weight excluding hydrogens is 502 g/mol. The van der Waals surface area contributed by atoms with E-state index in [-0.39, 0.29) is 5.91 Å². The Bertz CT molecular complexity index is 1080. The predicted octanol–water partition coefficient (Wildman–Crippen LogP) is 9.46. The van der Waals surface area contributed by atoms with Gasteiger partial charge in [-0.15, -0.1) is 0 Å². The monoisotopic (exact) mass is 551 g/mol. The molecule has 0 aliphatic rings. The number of imidazole rings is 1. The highest BCUT2D eigenvalue weighted by Gasteiger charge is 2.10. The summed E-state index contributed by atoms with van der Waals surface area (Å²) in [5.41, 5.74) is 3.28. The van der Waals surface area contributed by atoms with Crippen LogP contribution in [0.1, 0.15) is 115 Å². The van der Waals surface area contributed by atoms with Gasteiger partial charge in [0.1, 0.15) is 5.82 Å². The highest BCUT2D eigenvalue weighted by Crippen LogP contribution is 2.19. The van der Waals surface area contributed by atoms with Crippen molar-refractivity contribution in [1.82, 2.24) is 14.9 Å². The summed E-state index contributed by atoms with van der Waals surface area (Å²) >= 11 is 5.94. The molecule has 214 valence electrons. The van der Waals surface area contributed by atoms with Crippen LogP contribution in [0.5, 0.6) is 0 Å². The van der Waals surface area contributed by atoms with Gasteiger partial charge in [0.2, 0.25) is 5.91 Å². The number of para-hydroxylation sites is 2. The van der Waals surface area contributed by atoms with Crippen molar-refractivity contribution >= 4 is 28.5 Å². The number of carbonyl (C=O) groups excluding carboxylic acids is 1. The first-order chi connectivity index (χ1) is 19.2. The quantitative estimate of drug-likeness (QED) is 0.134. The number of aromatic nitrogens is 2. The SMILES string of the molecule is CCCCCCCCCCCCCCCCn1c(CCCNC(=O)Cc2ccc(Cl)cc2)nc2ccccc21. The van der Waals surface area contributed by atoms with E-state index in [1.165, 1.54) is 95.4 Å². The Morgan fingerprint density at radius 1 is 0.769 bits per heavy atom. The van der Waals surface area contributed by atoms with Gasteiger partial charge in [0.05, 0.1) is 17.5 Å². The minimum atomic E-state index is 0.0493. The molecule has 1 N–H and O–H groups in total. The molecule has 1 heterocycles. The maximum atomic E-state index is 12.3. The number of halogens is 1. The smallest absolute Gasteiger partial charge is 0.224 e. The average Bonchev–Trinajstić information content (AvgIpc) is 3.30. The minimum absolute atomic E-state index is 0.0493. The molecule has 5 heteroatoms. The number of carbonyl (C=O) groups is 1. The number of hydrogen-bond donors (Lipinski definition) is 1. The van der Waals surface area contributed by atoms with E-state index in [2.05, 4.69) is 41.1 Å². The Balaban J connectivity index is 1.30. The van der Waals surface area contributed by atoms with Gasteiger partial charge in [-0.1, -0.05) is 126 Å². The molecule has 0 atom stereocenters. The first kappa shape index (κ1) is 31.2. The van der Waals surface area contributed by atoms with E-state index in [9.17, 15) is 4.79 Å². The van der Waals surface area contributed by atoms with Crippen molar-refractivity contribution < 1.29 is 4.79 Å². The summed E-state index contributed by atoms with van der Waals surface area (Å²) in [5.74, 6) is 1.19. The number of fused-ring (bicyclic) bond motifs is 1. The minimum Gasteiger partial charge on any atom is -0.356 e. The number of unbranched alkanes of at least 4 members (excludes halogenated alkanes) is 13. The molecule has 4 nitrogen and oxygen atoms in total. The Hall–Kier alpha value is -2.33. The lowest BCUT2D eigenvalue weighted by Crippen LogP contribution is -2.26. The zero-order chi connectivity index (χ0) is 27.5. The second-order valence-electron chi connectivity index (χ2n) is 11.0. The van der Waals surface area contributed by atoms with Gasteiger partial charge in [-0.05, 0) is 42.7 Å². The molecule has 0 saturated carbocycles. The lowest BCUT2D eigenvalue weighted by atomic mass is 10.0. The number of hydrogen-bond acceptors (Lipinski definition) is 2. The Morgan fingerprint density at radius 2 is 1.36 bits per heavy atom. The van der Waals surface area contributed by atoms with Gasteiger partial charge >= 0.3 is 0 Å². The third-order valence-corrected chi connectivity index (χ3v) is 7.90. The summed E-state index contributed by atoms with van der Waals surface area (Å²) in [6.07, 6.45) is 21.4. The van der Waals surface area contributed by atoms with Gasteiger partial charge in [-0.25, -0.2) is 4.98 Å². The van der Waals surface area contributed by atoms with Gasteiger partial charge in [0.15, 0.2) is 0 Å². The van der Waals surface area contributed by atoms with Gasteiger partial charge in [0.25, 0.3) is 0 Å². The van der Waals surface area contributed by atoms with E-state index >= 15 is 0 Å². The molecule has 0 radical (unpaired) electrons. The first-order valence-electron chi connectivity index (χ1n) is 15.6. The van der Waals surface area contributed by atoms with Crippen molar-refractivity contribution in [2.45, 2.75) is 123 Å². The molecule has 39 heavy (non-hydrogen) atoms. The van der Waals surface area contributed by atoms with E-state index in [1.807, 2.05) is 24.3 Å².